The van der Waals surface area contributed by atoms with Crippen LogP contribution in [0.15, 0.2) is 6.07 Å². The highest BCUT2D eigenvalue weighted by atomic mass is 16.4. The maximum atomic E-state index is 10.9. The van der Waals surface area contributed by atoms with Crippen molar-refractivity contribution in [2.24, 2.45) is 5.92 Å². The fourth-order valence-electron chi connectivity index (χ4n) is 1.62. The van der Waals surface area contributed by atoms with Gasteiger partial charge in [-0.25, -0.2) is 14.8 Å². The molecule has 0 amide bonds. The minimum atomic E-state index is -1.03. The molecule has 0 saturated heterocycles. The van der Waals surface area contributed by atoms with Gasteiger partial charge in [0.15, 0.2) is 5.69 Å². The van der Waals surface area contributed by atoms with Gasteiger partial charge in [0, 0.05) is 11.7 Å². The molecule has 1 unspecified atom stereocenters. The van der Waals surface area contributed by atoms with E-state index in [1.807, 2.05) is 0 Å². The maximum Gasteiger partial charge on any atom is 0.354 e. The molecule has 0 bridgehead atoms. The largest absolute Gasteiger partial charge is 0.477 e. The molecule has 1 heterocycles. The summed E-state index contributed by atoms with van der Waals surface area (Å²) in [5.74, 6) is 0.0179. The maximum absolute atomic E-state index is 10.9. The molecule has 1 rings (SSSR count). The molecule has 0 aliphatic heterocycles. The Kier molecular flexibility index (Phi) is 5.07. The number of carboxylic acids is 1. The van der Waals surface area contributed by atoms with Crippen LogP contribution in [0, 0.1) is 12.8 Å². The molecule has 18 heavy (non-hydrogen) atoms. The molecule has 0 radical (unpaired) electrons. The summed E-state index contributed by atoms with van der Waals surface area (Å²) in [7, 11) is 0. The van der Waals surface area contributed by atoms with Gasteiger partial charge in [0.25, 0.3) is 0 Å². The van der Waals surface area contributed by atoms with E-state index in [1.165, 1.54) is 6.07 Å². The number of aryl methyl sites for hydroxylation is 1. The standard InChI is InChI=1S/C13H21N3O2/c1-8(2)5-6-9(3)14-13-15-10(4)7-11(16-13)12(17)18/h7-9H,5-6H2,1-4H3,(H,17,18)(H,14,15,16). The zero-order valence-corrected chi connectivity index (χ0v) is 11.4. The van der Waals surface area contributed by atoms with Gasteiger partial charge in [0.1, 0.15) is 0 Å². The zero-order chi connectivity index (χ0) is 13.7. The summed E-state index contributed by atoms with van der Waals surface area (Å²) in [6.07, 6.45) is 2.13. The van der Waals surface area contributed by atoms with Gasteiger partial charge >= 0.3 is 5.97 Å². The molecule has 0 spiro atoms. The normalized spacial score (nSPS) is 12.5. The Balaban J connectivity index is 2.69. The zero-order valence-electron chi connectivity index (χ0n) is 11.4. The number of anilines is 1. The minimum Gasteiger partial charge on any atom is -0.477 e. The first-order valence-electron chi connectivity index (χ1n) is 6.24. The van der Waals surface area contributed by atoms with Crippen LogP contribution < -0.4 is 5.32 Å². The highest BCUT2D eigenvalue weighted by Crippen LogP contribution is 2.11. The molecule has 0 saturated carbocycles. The molecule has 0 aliphatic rings. The van der Waals surface area contributed by atoms with Crippen LogP contribution in [0.4, 0.5) is 5.95 Å². The van der Waals surface area contributed by atoms with E-state index in [9.17, 15) is 4.79 Å². The van der Waals surface area contributed by atoms with E-state index >= 15 is 0 Å². The van der Waals surface area contributed by atoms with E-state index in [4.69, 9.17) is 5.11 Å². The number of hydrogen-bond acceptors (Lipinski definition) is 4. The van der Waals surface area contributed by atoms with E-state index in [-0.39, 0.29) is 11.7 Å². The predicted molar refractivity (Wildman–Crippen MR) is 70.9 cm³/mol. The lowest BCUT2D eigenvalue weighted by Crippen LogP contribution is -2.19. The molecule has 0 fully saturated rings. The van der Waals surface area contributed by atoms with Crippen LogP contribution in [0.3, 0.4) is 0 Å². The first kappa shape index (κ1) is 14.4. The van der Waals surface area contributed by atoms with Gasteiger partial charge in [0.05, 0.1) is 0 Å². The summed E-state index contributed by atoms with van der Waals surface area (Å²) < 4.78 is 0. The van der Waals surface area contributed by atoms with Crippen LogP contribution >= 0.6 is 0 Å². The van der Waals surface area contributed by atoms with Gasteiger partial charge in [0.2, 0.25) is 5.95 Å². The number of nitrogens with zero attached hydrogens (tertiary/aromatic N) is 2. The van der Waals surface area contributed by atoms with Crippen LogP contribution in [0.25, 0.3) is 0 Å². The summed E-state index contributed by atoms with van der Waals surface area (Å²) >= 11 is 0. The van der Waals surface area contributed by atoms with Gasteiger partial charge in [-0.1, -0.05) is 13.8 Å². The summed E-state index contributed by atoms with van der Waals surface area (Å²) in [6.45, 7) is 8.17. The van der Waals surface area contributed by atoms with Crippen LogP contribution in [-0.4, -0.2) is 27.1 Å². The van der Waals surface area contributed by atoms with Crippen LogP contribution in [0.5, 0.6) is 0 Å². The third-order valence-electron chi connectivity index (χ3n) is 2.63. The fourth-order valence-corrected chi connectivity index (χ4v) is 1.62. The second kappa shape index (κ2) is 6.33. The van der Waals surface area contributed by atoms with E-state index in [0.717, 1.165) is 12.8 Å². The second-order valence-corrected chi connectivity index (χ2v) is 5.04. The van der Waals surface area contributed by atoms with Gasteiger partial charge in [-0.3, -0.25) is 0 Å². The van der Waals surface area contributed by atoms with Gasteiger partial charge < -0.3 is 10.4 Å². The molecule has 1 aromatic rings. The Labute approximate surface area is 108 Å². The Morgan fingerprint density at radius 2 is 2.00 bits per heavy atom. The highest BCUT2D eigenvalue weighted by molar-refractivity contribution is 5.85. The van der Waals surface area contributed by atoms with E-state index < -0.39 is 5.97 Å². The number of aromatic carboxylic acids is 1. The fraction of sp³-hybridized carbons (Fsp3) is 0.615. The van der Waals surface area contributed by atoms with Gasteiger partial charge in [-0.15, -0.1) is 0 Å². The summed E-state index contributed by atoms with van der Waals surface area (Å²) in [6, 6.07) is 1.70. The van der Waals surface area contributed by atoms with E-state index in [1.54, 1.807) is 6.92 Å². The van der Waals surface area contributed by atoms with Crippen molar-refractivity contribution in [3.05, 3.63) is 17.5 Å². The summed E-state index contributed by atoms with van der Waals surface area (Å²) in [5.41, 5.74) is 0.682. The van der Waals surface area contributed by atoms with Crippen molar-refractivity contribution in [1.82, 2.24) is 9.97 Å². The Morgan fingerprint density at radius 3 is 2.56 bits per heavy atom. The van der Waals surface area contributed by atoms with Crippen molar-refractivity contribution in [1.29, 1.82) is 0 Å². The lowest BCUT2D eigenvalue weighted by molar-refractivity contribution is 0.0690. The lowest BCUT2D eigenvalue weighted by Gasteiger charge is -2.15. The number of rotatable bonds is 6. The number of hydrogen-bond donors (Lipinski definition) is 2. The average Bonchev–Trinajstić information content (AvgIpc) is 2.25. The molecule has 5 nitrogen and oxygen atoms in total. The first-order valence-corrected chi connectivity index (χ1v) is 6.24. The molecular formula is C13H21N3O2. The highest BCUT2D eigenvalue weighted by Gasteiger charge is 2.10. The third kappa shape index (κ3) is 4.69. The average molecular weight is 251 g/mol. The van der Waals surface area contributed by atoms with Crippen molar-refractivity contribution < 1.29 is 9.90 Å². The third-order valence-corrected chi connectivity index (χ3v) is 2.63. The van der Waals surface area contributed by atoms with Gasteiger partial charge in [-0.05, 0) is 38.7 Å². The topological polar surface area (TPSA) is 75.1 Å². The molecule has 1 atom stereocenters. The van der Waals surface area contributed by atoms with E-state index in [2.05, 4.69) is 36.1 Å². The summed E-state index contributed by atoms with van der Waals surface area (Å²) in [5, 5.41) is 12.1. The molecule has 1 aromatic heterocycles. The van der Waals surface area contributed by atoms with Crippen molar-refractivity contribution in [3.63, 3.8) is 0 Å². The van der Waals surface area contributed by atoms with Crippen LogP contribution in [0.1, 0.15) is 49.8 Å². The van der Waals surface area contributed by atoms with Crippen molar-refractivity contribution in [2.45, 2.75) is 46.6 Å². The number of aromatic nitrogens is 2. The number of carboxylic acid groups (broad SMARTS) is 1. The molecule has 2 N–H and O–H groups in total. The smallest absolute Gasteiger partial charge is 0.354 e. The molecule has 5 heteroatoms. The second-order valence-electron chi connectivity index (χ2n) is 5.04. The Morgan fingerprint density at radius 1 is 1.33 bits per heavy atom. The number of nitrogens with one attached hydrogen (secondary N) is 1. The minimum absolute atomic E-state index is 0.0288. The quantitative estimate of drug-likeness (QED) is 0.813. The van der Waals surface area contributed by atoms with Gasteiger partial charge in [-0.2, -0.15) is 0 Å². The van der Waals surface area contributed by atoms with Crippen LogP contribution in [-0.2, 0) is 0 Å². The van der Waals surface area contributed by atoms with Crippen molar-refractivity contribution >= 4 is 11.9 Å². The Bertz CT molecular complexity index is 419. The molecular weight excluding hydrogens is 230 g/mol. The molecule has 100 valence electrons. The first-order chi connectivity index (χ1) is 8.38. The Hall–Kier alpha value is -1.65. The predicted octanol–water partition coefficient (Wildman–Crippen LogP) is 2.72. The molecule has 0 aromatic carbocycles. The number of carbonyl (C=O) groups is 1. The molecule has 0 aliphatic carbocycles. The monoisotopic (exact) mass is 251 g/mol. The van der Waals surface area contributed by atoms with Crippen molar-refractivity contribution in [2.75, 3.05) is 5.32 Å². The SMILES string of the molecule is Cc1cc(C(=O)O)nc(NC(C)CCC(C)C)n1. The van der Waals surface area contributed by atoms with Crippen LogP contribution in [0.2, 0.25) is 0 Å². The lowest BCUT2D eigenvalue weighted by atomic mass is 10.0. The van der Waals surface area contributed by atoms with Crippen molar-refractivity contribution in [3.8, 4) is 0 Å². The van der Waals surface area contributed by atoms with E-state index in [0.29, 0.717) is 17.6 Å². The summed E-state index contributed by atoms with van der Waals surface area (Å²) in [4.78, 5) is 19.1.